The number of nitrogens with two attached hydrogens (primary N) is 2. The van der Waals surface area contributed by atoms with Gasteiger partial charge in [0, 0.05) is 6.04 Å². The number of nitrogens with one attached hydrogen (secondary N) is 1. The molecule has 1 unspecified atom stereocenters. The first-order chi connectivity index (χ1) is 9.06. The third kappa shape index (κ3) is 4.81. The normalized spacial score (nSPS) is 12.1. The largest absolute Gasteiger partial charge is 0.397 e. The van der Waals surface area contributed by atoms with Crippen LogP contribution < -0.4 is 16.8 Å². The molecule has 0 bridgehead atoms. The molecule has 4 heteroatoms. The van der Waals surface area contributed by atoms with E-state index in [-0.39, 0.29) is 6.04 Å². The van der Waals surface area contributed by atoms with Crippen molar-refractivity contribution in [3.05, 3.63) is 23.8 Å². The lowest BCUT2D eigenvalue weighted by atomic mass is 10.1. The van der Waals surface area contributed by atoms with Gasteiger partial charge in [-0.3, -0.25) is 4.79 Å². The summed E-state index contributed by atoms with van der Waals surface area (Å²) in [5.74, 6) is -0.451. The number of rotatable bonds is 8. The number of carbonyl (C=O) groups is 1. The van der Waals surface area contributed by atoms with Crippen molar-refractivity contribution < 1.29 is 4.79 Å². The maximum absolute atomic E-state index is 11.4. The number of primary amides is 1. The van der Waals surface area contributed by atoms with Gasteiger partial charge >= 0.3 is 0 Å². The molecule has 0 spiro atoms. The third-order valence-corrected chi connectivity index (χ3v) is 3.24. The van der Waals surface area contributed by atoms with Crippen LogP contribution in [0.2, 0.25) is 0 Å². The number of anilines is 2. The van der Waals surface area contributed by atoms with Gasteiger partial charge in [0.2, 0.25) is 0 Å². The van der Waals surface area contributed by atoms with Crippen LogP contribution in [-0.2, 0) is 0 Å². The molecular weight excluding hydrogens is 238 g/mol. The predicted molar refractivity (Wildman–Crippen MR) is 81.2 cm³/mol. The molecular formula is C15H25N3O. The lowest BCUT2D eigenvalue weighted by Crippen LogP contribution is -2.21. The Hall–Kier alpha value is -1.71. The molecule has 1 rings (SSSR count). The van der Waals surface area contributed by atoms with E-state index in [1.807, 2.05) is 0 Å². The summed E-state index contributed by atoms with van der Waals surface area (Å²) in [5, 5.41) is 3.31. The van der Waals surface area contributed by atoms with Gasteiger partial charge in [0.1, 0.15) is 0 Å². The summed E-state index contributed by atoms with van der Waals surface area (Å²) in [4.78, 5) is 11.4. The minimum Gasteiger partial charge on any atom is -0.397 e. The van der Waals surface area contributed by atoms with Gasteiger partial charge in [-0.1, -0.05) is 38.7 Å². The number of para-hydroxylation sites is 1. The Labute approximate surface area is 115 Å². The number of hydrogen-bond acceptors (Lipinski definition) is 3. The second kappa shape index (κ2) is 7.67. The molecule has 19 heavy (non-hydrogen) atoms. The second-order valence-corrected chi connectivity index (χ2v) is 5.03. The van der Waals surface area contributed by atoms with E-state index in [9.17, 15) is 4.79 Å². The van der Waals surface area contributed by atoms with Crippen molar-refractivity contribution in [3.8, 4) is 0 Å². The molecule has 0 radical (unpaired) electrons. The van der Waals surface area contributed by atoms with Crippen molar-refractivity contribution in [2.45, 2.75) is 52.0 Å². The molecule has 0 saturated heterocycles. The van der Waals surface area contributed by atoms with Crippen molar-refractivity contribution in [1.82, 2.24) is 0 Å². The zero-order valence-electron chi connectivity index (χ0n) is 11.9. The summed E-state index contributed by atoms with van der Waals surface area (Å²) in [5.41, 5.74) is 13.0. The minimum atomic E-state index is -0.451. The van der Waals surface area contributed by atoms with Crippen molar-refractivity contribution in [1.29, 1.82) is 0 Å². The molecule has 4 nitrogen and oxygen atoms in total. The van der Waals surface area contributed by atoms with Gasteiger partial charge in [0.25, 0.3) is 5.91 Å². The molecule has 0 aliphatic heterocycles. The SMILES string of the molecule is CCCCCCC(C)Nc1c(N)cccc1C(N)=O. The molecule has 0 aliphatic rings. The molecule has 0 fully saturated rings. The Balaban J connectivity index is 2.63. The molecule has 0 heterocycles. The first-order valence-corrected chi connectivity index (χ1v) is 7.01. The highest BCUT2D eigenvalue weighted by Gasteiger charge is 2.12. The molecule has 5 N–H and O–H groups in total. The third-order valence-electron chi connectivity index (χ3n) is 3.24. The average Bonchev–Trinajstić information content (AvgIpc) is 2.37. The van der Waals surface area contributed by atoms with E-state index < -0.39 is 5.91 Å². The Bertz CT molecular complexity index is 418. The summed E-state index contributed by atoms with van der Waals surface area (Å²) < 4.78 is 0. The highest BCUT2D eigenvalue weighted by Crippen LogP contribution is 2.24. The zero-order valence-corrected chi connectivity index (χ0v) is 11.9. The minimum absolute atomic E-state index is 0.277. The van der Waals surface area contributed by atoms with E-state index in [0.29, 0.717) is 16.9 Å². The molecule has 1 aromatic rings. The number of carbonyl (C=O) groups excluding carboxylic acids is 1. The van der Waals surface area contributed by atoms with Crippen molar-refractivity contribution in [2.24, 2.45) is 5.73 Å². The molecule has 1 aromatic carbocycles. The quantitative estimate of drug-likeness (QED) is 0.498. The zero-order chi connectivity index (χ0) is 14.3. The molecule has 0 aromatic heterocycles. The van der Waals surface area contributed by atoms with Crippen LogP contribution in [0.1, 0.15) is 56.3 Å². The Morgan fingerprint density at radius 1 is 1.32 bits per heavy atom. The molecule has 0 saturated carbocycles. The van der Waals surface area contributed by atoms with Gasteiger partial charge in [-0.2, -0.15) is 0 Å². The van der Waals surface area contributed by atoms with Gasteiger partial charge < -0.3 is 16.8 Å². The standard InChI is InChI=1S/C15H25N3O/c1-3-4-5-6-8-11(2)18-14-12(15(17)19)9-7-10-13(14)16/h7,9-11,18H,3-6,8,16H2,1-2H3,(H2,17,19). The van der Waals surface area contributed by atoms with E-state index in [1.54, 1.807) is 18.2 Å². The Kier molecular flexibility index (Phi) is 6.19. The number of nitrogen functional groups attached to an aromatic ring is 1. The summed E-state index contributed by atoms with van der Waals surface area (Å²) in [6, 6.07) is 5.50. The van der Waals surface area contributed by atoms with E-state index in [2.05, 4.69) is 19.2 Å². The van der Waals surface area contributed by atoms with Crippen LogP contribution in [0, 0.1) is 0 Å². The lowest BCUT2D eigenvalue weighted by molar-refractivity contribution is 0.100. The predicted octanol–water partition coefficient (Wildman–Crippen LogP) is 3.14. The summed E-state index contributed by atoms with van der Waals surface area (Å²) in [6.45, 7) is 4.30. The van der Waals surface area contributed by atoms with Crippen molar-refractivity contribution in [3.63, 3.8) is 0 Å². The van der Waals surface area contributed by atoms with Crippen LogP contribution in [0.5, 0.6) is 0 Å². The summed E-state index contributed by atoms with van der Waals surface area (Å²) in [6.07, 6.45) is 5.99. The smallest absolute Gasteiger partial charge is 0.250 e. The van der Waals surface area contributed by atoms with Gasteiger partial charge in [0.05, 0.1) is 16.9 Å². The topological polar surface area (TPSA) is 81.1 Å². The van der Waals surface area contributed by atoms with Crippen LogP contribution in [0.3, 0.4) is 0 Å². The number of benzene rings is 1. The van der Waals surface area contributed by atoms with E-state index in [0.717, 1.165) is 6.42 Å². The number of hydrogen-bond donors (Lipinski definition) is 3. The number of amides is 1. The lowest BCUT2D eigenvalue weighted by Gasteiger charge is -2.18. The van der Waals surface area contributed by atoms with Crippen LogP contribution in [0.25, 0.3) is 0 Å². The fourth-order valence-corrected chi connectivity index (χ4v) is 2.13. The van der Waals surface area contributed by atoms with Gasteiger partial charge in [-0.05, 0) is 25.5 Å². The van der Waals surface area contributed by atoms with Crippen LogP contribution >= 0.6 is 0 Å². The van der Waals surface area contributed by atoms with Gasteiger partial charge in [0.15, 0.2) is 0 Å². The van der Waals surface area contributed by atoms with Gasteiger partial charge in [-0.15, -0.1) is 0 Å². The fourth-order valence-electron chi connectivity index (χ4n) is 2.13. The van der Waals surface area contributed by atoms with Crippen LogP contribution in [-0.4, -0.2) is 11.9 Å². The fraction of sp³-hybridized carbons (Fsp3) is 0.533. The second-order valence-electron chi connectivity index (χ2n) is 5.03. The van der Waals surface area contributed by atoms with Gasteiger partial charge in [-0.25, -0.2) is 0 Å². The average molecular weight is 263 g/mol. The van der Waals surface area contributed by atoms with E-state index in [1.165, 1.54) is 25.7 Å². The summed E-state index contributed by atoms with van der Waals surface area (Å²) >= 11 is 0. The highest BCUT2D eigenvalue weighted by atomic mass is 16.1. The Morgan fingerprint density at radius 2 is 2.05 bits per heavy atom. The molecule has 1 atom stereocenters. The van der Waals surface area contributed by atoms with E-state index in [4.69, 9.17) is 11.5 Å². The Morgan fingerprint density at radius 3 is 2.68 bits per heavy atom. The molecule has 106 valence electrons. The van der Waals surface area contributed by atoms with Crippen molar-refractivity contribution in [2.75, 3.05) is 11.1 Å². The van der Waals surface area contributed by atoms with Crippen molar-refractivity contribution >= 4 is 17.3 Å². The molecule has 0 aliphatic carbocycles. The number of unbranched alkanes of at least 4 members (excludes halogenated alkanes) is 3. The first kappa shape index (κ1) is 15.3. The summed E-state index contributed by atoms with van der Waals surface area (Å²) in [7, 11) is 0. The van der Waals surface area contributed by atoms with Crippen LogP contribution in [0.4, 0.5) is 11.4 Å². The van der Waals surface area contributed by atoms with E-state index >= 15 is 0 Å². The first-order valence-electron chi connectivity index (χ1n) is 7.01. The molecule has 1 amide bonds. The maximum Gasteiger partial charge on any atom is 0.250 e. The highest BCUT2D eigenvalue weighted by molar-refractivity contribution is 6.01. The van der Waals surface area contributed by atoms with Crippen LogP contribution in [0.15, 0.2) is 18.2 Å². The maximum atomic E-state index is 11.4. The monoisotopic (exact) mass is 263 g/mol.